The maximum atomic E-state index is 11.8. The first-order chi connectivity index (χ1) is 9.52. The molecular formula is C14H24N2O2S2. The van der Waals surface area contributed by atoms with Gasteiger partial charge in [0.25, 0.3) is 0 Å². The van der Waals surface area contributed by atoms with E-state index in [9.17, 15) is 8.42 Å². The van der Waals surface area contributed by atoms with Crippen LogP contribution in [0.5, 0.6) is 0 Å². The van der Waals surface area contributed by atoms with E-state index in [1.54, 1.807) is 11.3 Å². The second-order valence-corrected chi connectivity index (χ2v) is 8.96. The van der Waals surface area contributed by atoms with Crippen molar-refractivity contribution < 1.29 is 8.42 Å². The zero-order valence-electron chi connectivity index (χ0n) is 12.2. The van der Waals surface area contributed by atoms with Gasteiger partial charge in [-0.15, -0.1) is 11.3 Å². The van der Waals surface area contributed by atoms with Gasteiger partial charge in [-0.25, -0.2) is 8.42 Å². The van der Waals surface area contributed by atoms with Gasteiger partial charge in [0, 0.05) is 23.4 Å². The van der Waals surface area contributed by atoms with Crippen molar-refractivity contribution >= 4 is 21.2 Å². The summed E-state index contributed by atoms with van der Waals surface area (Å²) >= 11 is 1.66. The second kappa shape index (κ2) is 7.00. The minimum absolute atomic E-state index is 0.167. The Hall–Kier alpha value is -0.460. The highest BCUT2D eigenvalue weighted by Crippen LogP contribution is 2.37. The van der Waals surface area contributed by atoms with Gasteiger partial charge in [0.15, 0.2) is 0 Å². The lowest BCUT2D eigenvalue weighted by Crippen LogP contribution is -2.35. The lowest BCUT2D eigenvalue weighted by molar-refractivity contribution is 0.275. The van der Waals surface area contributed by atoms with Crippen molar-refractivity contribution in [3.63, 3.8) is 0 Å². The van der Waals surface area contributed by atoms with Gasteiger partial charge in [-0.2, -0.15) is 0 Å². The van der Waals surface area contributed by atoms with Gasteiger partial charge in [-0.3, -0.25) is 4.98 Å². The van der Waals surface area contributed by atoms with Crippen molar-refractivity contribution in [2.75, 3.05) is 12.8 Å². The number of hydrogen-bond acceptors (Lipinski definition) is 5. The first kappa shape index (κ1) is 15.9. The van der Waals surface area contributed by atoms with E-state index in [1.807, 2.05) is 11.7 Å². The SMILES string of the molecule is CCCNC(c1cncs1)C1CCCC(S(C)(=O)=O)C1. The third kappa shape index (κ3) is 4.02. The Labute approximate surface area is 125 Å². The van der Waals surface area contributed by atoms with Gasteiger partial charge < -0.3 is 5.32 Å². The molecule has 6 heteroatoms. The highest BCUT2D eigenvalue weighted by Gasteiger charge is 2.33. The number of hydrogen-bond donors (Lipinski definition) is 1. The molecule has 3 unspecified atom stereocenters. The van der Waals surface area contributed by atoms with Crippen LogP contribution in [0.2, 0.25) is 0 Å². The van der Waals surface area contributed by atoms with E-state index >= 15 is 0 Å². The summed E-state index contributed by atoms with van der Waals surface area (Å²) in [6.45, 7) is 3.11. The van der Waals surface area contributed by atoms with Crippen LogP contribution in [-0.2, 0) is 9.84 Å². The summed E-state index contributed by atoms with van der Waals surface area (Å²) < 4.78 is 23.6. The van der Waals surface area contributed by atoms with Crippen molar-refractivity contribution in [3.8, 4) is 0 Å². The van der Waals surface area contributed by atoms with Gasteiger partial charge in [0.1, 0.15) is 9.84 Å². The normalized spacial score (nSPS) is 25.5. The summed E-state index contributed by atoms with van der Waals surface area (Å²) in [6, 6.07) is 0.256. The number of thiazole rings is 1. The quantitative estimate of drug-likeness (QED) is 0.877. The molecule has 4 nitrogen and oxygen atoms in total. The van der Waals surface area contributed by atoms with Crippen LogP contribution in [0, 0.1) is 5.92 Å². The first-order valence-electron chi connectivity index (χ1n) is 7.33. The monoisotopic (exact) mass is 316 g/mol. The molecule has 1 N–H and O–H groups in total. The molecule has 1 aromatic heterocycles. The topological polar surface area (TPSA) is 59.1 Å². The highest BCUT2D eigenvalue weighted by molar-refractivity contribution is 7.91. The molecule has 1 aliphatic rings. The Morgan fingerprint density at radius 3 is 2.90 bits per heavy atom. The third-order valence-corrected chi connectivity index (χ3v) is 6.61. The number of sulfone groups is 1. The molecular weight excluding hydrogens is 292 g/mol. The summed E-state index contributed by atoms with van der Waals surface area (Å²) in [5.74, 6) is 0.399. The fourth-order valence-corrected chi connectivity index (χ4v) is 5.03. The number of aromatic nitrogens is 1. The molecule has 3 atom stereocenters. The van der Waals surface area contributed by atoms with Crippen molar-refractivity contribution in [2.45, 2.75) is 50.3 Å². The molecule has 114 valence electrons. The Kier molecular flexibility index (Phi) is 5.57. The van der Waals surface area contributed by atoms with E-state index in [2.05, 4.69) is 17.2 Å². The van der Waals surface area contributed by atoms with E-state index in [4.69, 9.17) is 0 Å². The Bertz CT molecular complexity index is 499. The van der Waals surface area contributed by atoms with Crippen LogP contribution in [0.1, 0.15) is 49.9 Å². The number of rotatable bonds is 6. The zero-order valence-corrected chi connectivity index (χ0v) is 13.8. The van der Waals surface area contributed by atoms with Crippen LogP contribution < -0.4 is 5.32 Å². The summed E-state index contributed by atoms with van der Waals surface area (Å²) in [7, 11) is -2.92. The molecule has 1 saturated carbocycles. The summed E-state index contributed by atoms with van der Waals surface area (Å²) in [6.07, 6.45) is 8.08. The van der Waals surface area contributed by atoms with Gasteiger partial charge in [-0.1, -0.05) is 13.3 Å². The lowest BCUT2D eigenvalue weighted by Gasteiger charge is -2.33. The largest absolute Gasteiger partial charge is 0.309 e. The van der Waals surface area contributed by atoms with Crippen molar-refractivity contribution in [1.29, 1.82) is 0 Å². The molecule has 0 radical (unpaired) electrons. The molecule has 1 aliphatic carbocycles. The van der Waals surface area contributed by atoms with E-state index in [0.29, 0.717) is 5.92 Å². The van der Waals surface area contributed by atoms with Crippen LogP contribution in [-0.4, -0.2) is 31.5 Å². The lowest BCUT2D eigenvalue weighted by atomic mass is 9.83. The van der Waals surface area contributed by atoms with Crippen molar-refractivity contribution in [1.82, 2.24) is 10.3 Å². The predicted molar refractivity (Wildman–Crippen MR) is 83.7 cm³/mol. The summed E-state index contributed by atoms with van der Waals surface area (Å²) in [5.41, 5.74) is 1.85. The minimum atomic E-state index is -2.92. The Balaban J connectivity index is 2.12. The van der Waals surface area contributed by atoms with Gasteiger partial charge >= 0.3 is 0 Å². The van der Waals surface area contributed by atoms with Crippen molar-refractivity contribution in [3.05, 3.63) is 16.6 Å². The highest BCUT2D eigenvalue weighted by atomic mass is 32.2. The Morgan fingerprint density at radius 2 is 2.30 bits per heavy atom. The molecule has 20 heavy (non-hydrogen) atoms. The molecule has 1 aromatic rings. The zero-order chi connectivity index (χ0) is 14.6. The average molecular weight is 316 g/mol. The smallest absolute Gasteiger partial charge is 0.150 e. The molecule has 0 aromatic carbocycles. The molecule has 0 spiro atoms. The predicted octanol–water partition coefficient (Wildman–Crippen LogP) is 2.79. The molecule has 0 bridgehead atoms. The fourth-order valence-electron chi connectivity index (χ4n) is 3.05. The van der Waals surface area contributed by atoms with Crippen molar-refractivity contribution in [2.24, 2.45) is 5.92 Å². The first-order valence-corrected chi connectivity index (χ1v) is 10.2. The van der Waals surface area contributed by atoms with Crippen LogP contribution >= 0.6 is 11.3 Å². The fraction of sp³-hybridized carbons (Fsp3) is 0.786. The molecule has 0 aliphatic heterocycles. The van der Waals surface area contributed by atoms with Crippen LogP contribution in [0.3, 0.4) is 0 Å². The third-order valence-electron chi connectivity index (χ3n) is 4.12. The van der Waals surface area contributed by atoms with Crippen LogP contribution in [0.25, 0.3) is 0 Å². The number of nitrogens with one attached hydrogen (secondary N) is 1. The maximum Gasteiger partial charge on any atom is 0.150 e. The van der Waals surface area contributed by atoms with Gasteiger partial charge in [-0.05, 0) is 38.1 Å². The summed E-state index contributed by atoms with van der Waals surface area (Å²) in [4.78, 5) is 5.41. The van der Waals surface area contributed by atoms with E-state index < -0.39 is 9.84 Å². The Morgan fingerprint density at radius 1 is 1.50 bits per heavy atom. The maximum absolute atomic E-state index is 11.8. The van der Waals surface area contributed by atoms with Gasteiger partial charge in [0.2, 0.25) is 0 Å². The van der Waals surface area contributed by atoms with Crippen LogP contribution in [0.4, 0.5) is 0 Å². The van der Waals surface area contributed by atoms with E-state index in [-0.39, 0.29) is 11.3 Å². The standard InChI is InChI=1S/C14H24N2O2S2/c1-3-7-16-14(13-9-15-10-19-13)11-5-4-6-12(8-11)20(2,17)18/h9-12,14,16H,3-8H2,1-2H3. The second-order valence-electron chi connectivity index (χ2n) is 5.71. The van der Waals surface area contributed by atoms with Crippen LogP contribution in [0.15, 0.2) is 11.7 Å². The van der Waals surface area contributed by atoms with E-state index in [1.165, 1.54) is 11.1 Å². The number of nitrogens with zero attached hydrogens (tertiary/aromatic N) is 1. The minimum Gasteiger partial charge on any atom is -0.309 e. The molecule has 1 heterocycles. The molecule has 2 rings (SSSR count). The van der Waals surface area contributed by atoms with Gasteiger partial charge in [0.05, 0.1) is 10.8 Å². The molecule has 0 amide bonds. The van der Waals surface area contributed by atoms with E-state index in [0.717, 1.165) is 38.6 Å². The molecule has 0 saturated heterocycles. The average Bonchev–Trinajstić information content (AvgIpc) is 2.92. The summed E-state index contributed by atoms with van der Waals surface area (Å²) in [5, 5.41) is 3.42. The molecule has 1 fully saturated rings.